The van der Waals surface area contributed by atoms with E-state index in [-0.39, 0.29) is 5.82 Å². The molecule has 1 aliphatic carbocycles. The first kappa shape index (κ1) is 12.9. The van der Waals surface area contributed by atoms with Crippen molar-refractivity contribution in [2.24, 2.45) is 5.92 Å². The zero-order valence-corrected chi connectivity index (χ0v) is 10.7. The Bertz CT molecular complexity index is 435. The van der Waals surface area contributed by atoms with Crippen molar-refractivity contribution in [2.75, 3.05) is 5.32 Å². The van der Waals surface area contributed by atoms with E-state index < -0.39 is 5.54 Å². The number of anilines is 1. The van der Waals surface area contributed by atoms with Gasteiger partial charge >= 0.3 is 0 Å². The molecule has 0 amide bonds. The summed E-state index contributed by atoms with van der Waals surface area (Å²) in [6.45, 7) is 2.18. The summed E-state index contributed by atoms with van der Waals surface area (Å²) in [4.78, 5) is 0. The summed E-state index contributed by atoms with van der Waals surface area (Å²) in [6.07, 6.45) is 5.18. The number of nitrogens with zero attached hydrogens (tertiary/aromatic N) is 1. The van der Waals surface area contributed by atoms with Crippen LogP contribution in [0.5, 0.6) is 0 Å². The van der Waals surface area contributed by atoms with E-state index in [9.17, 15) is 9.65 Å². The van der Waals surface area contributed by atoms with Gasteiger partial charge in [0.25, 0.3) is 0 Å². The molecule has 96 valence electrons. The smallest absolute Gasteiger partial charge is 0.125 e. The van der Waals surface area contributed by atoms with Crippen molar-refractivity contribution in [3.8, 4) is 6.07 Å². The minimum absolute atomic E-state index is 0.248. The van der Waals surface area contributed by atoms with Crippen LogP contribution in [0.4, 0.5) is 10.1 Å². The molecule has 0 heterocycles. The van der Waals surface area contributed by atoms with E-state index in [1.807, 2.05) is 0 Å². The van der Waals surface area contributed by atoms with Gasteiger partial charge in [-0.3, -0.25) is 0 Å². The predicted octanol–water partition coefficient (Wildman–Crippen LogP) is 4.10. The summed E-state index contributed by atoms with van der Waals surface area (Å²) in [5.41, 5.74) is 0.353. The molecule has 2 rings (SSSR count). The largest absolute Gasteiger partial charge is 0.367 e. The summed E-state index contributed by atoms with van der Waals surface area (Å²) in [7, 11) is 0. The Hall–Kier alpha value is -1.56. The molecule has 1 saturated carbocycles. The molecule has 2 atom stereocenters. The third-order valence-corrected chi connectivity index (χ3v) is 3.87. The number of nitrogens with one attached hydrogen (secondary N) is 1. The fourth-order valence-electron chi connectivity index (χ4n) is 2.79. The lowest BCUT2D eigenvalue weighted by atomic mass is 9.75. The minimum Gasteiger partial charge on any atom is -0.367 e. The summed E-state index contributed by atoms with van der Waals surface area (Å²) < 4.78 is 12.9. The second-order valence-corrected chi connectivity index (χ2v) is 5.20. The molecule has 2 nitrogen and oxygen atoms in total. The van der Waals surface area contributed by atoms with Gasteiger partial charge in [0.2, 0.25) is 0 Å². The minimum atomic E-state index is -0.475. The van der Waals surface area contributed by atoms with E-state index in [0.29, 0.717) is 5.92 Å². The molecular formula is C15H19FN2. The van der Waals surface area contributed by atoms with Crippen molar-refractivity contribution in [3.05, 3.63) is 30.1 Å². The highest BCUT2D eigenvalue weighted by Crippen LogP contribution is 2.36. The Labute approximate surface area is 108 Å². The van der Waals surface area contributed by atoms with Crippen LogP contribution in [-0.2, 0) is 0 Å². The summed E-state index contributed by atoms with van der Waals surface area (Å²) in [5, 5.41) is 12.8. The van der Waals surface area contributed by atoms with Gasteiger partial charge < -0.3 is 5.32 Å². The van der Waals surface area contributed by atoms with Crippen LogP contribution in [0.15, 0.2) is 24.3 Å². The van der Waals surface area contributed by atoms with Gasteiger partial charge in [-0.15, -0.1) is 0 Å². The molecule has 0 aromatic heterocycles. The molecule has 0 aliphatic heterocycles. The molecule has 1 aliphatic rings. The van der Waals surface area contributed by atoms with Crippen LogP contribution in [0, 0.1) is 23.1 Å². The Morgan fingerprint density at radius 3 is 2.78 bits per heavy atom. The van der Waals surface area contributed by atoms with E-state index in [2.05, 4.69) is 18.3 Å². The highest BCUT2D eigenvalue weighted by atomic mass is 19.1. The topological polar surface area (TPSA) is 35.8 Å². The molecule has 1 aromatic carbocycles. The van der Waals surface area contributed by atoms with Gasteiger partial charge in [0.15, 0.2) is 0 Å². The van der Waals surface area contributed by atoms with Gasteiger partial charge in [0.05, 0.1) is 6.07 Å². The number of nitriles is 1. The third-order valence-electron chi connectivity index (χ3n) is 3.87. The first-order valence-electron chi connectivity index (χ1n) is 6.62. The SMILES string of the molecule is CCC1CCCC(C#N)(Nc2ccc(F)cc2)C1. The Morgan fingerprint density at radius 1 is 1.44 bits per heavy atom. The average molecular weight is 246 g/mol. The maximum atomic E-state index is 12.9. The lowest BCUT2D eigenvalue weighted by Gasteiger charge is -2.36. The predicted molar refractivity (Wildman–Crippen MR) is 70.6 cm³/mol. The van der Waals surface area contributed by atoms with Gasteiger partial charge in [-0.2, -0.15) is 5.26 Å². The molecule has 0 saturated heterocycles. The van der Waals surface area contributed by atoms with Gasteiger partial charge in [-0.25, -0.2) is 4.39 Å². The molecular weight excluding hydrogens is 227 g/mol. The molecule has 0 radical (unpaired) electrons. The number of hydrogen-bond acceptors (Lipinski definition) is 2. The lowest BCUT2D eigenvalue weighted by Crippen LogP contribution is -2.41. The summed E-state index contributed by atoms with van der Waals surface area (Å²) in [6, 6.07) is 8.69. The second kappa shape index (κ2) is 5.39. The van der Waals surface area contributed by atoms with Crippen LogP contribution in [0.1, 0.15) is 39.0 Å². The van der Waals surface area contributed by atoms with Crippen molar-refractivity contribution in [1.29, 1.82) is 5.26 Å². The Balaban J connectivity index is 2.13. The van der Waals surface area contributed by atoms with Crippen LogP contribution in [0.2, 0.25) is 0 Å². The van der Waals surface area contributed by atoms with E-state index in [4.69, 9.17) is 0 Å². The standard InChI is InChI=1S/C15H19FN2/c1-2-12-4-3-9-15(10-12,11-17)18-14-7-5-13(16)6-8-14/h5-8,12,18H,2-4,9-10H2,1H3. The lowest BCUT2D eigenvalue weighted by molar-refractivity contribution is 0.283. The summed E-state index contributed by atoms with van der Waals surface area (Å²) in [5.74, 6) is 0.369. The quantitative estimate of drug-likeness (QED) is 0.871. The normalized spacial score (nSPS) is 27.5. The number of benzene rings is 1. The molecule has 0 spiro atoms. The molecule has 0 bridgehead atoms. The van der Waals surface area contributed by atoms with Crippen LogP contribution in [-0.4, -0.2) is 5.54 Å². The van der Waals surface area contributed by atoms with Crippen LogP contribution >= 0.6 is 0 Å². The van der Waals surface area contributed by atoms with E-state index in [1.165, 1.54) is 18.6 Å². The van der Waals surface area contributed by atoms with Gasteiger partial charge in [-0.05, 0) is 49.4 Å². The third kappa shape index (κ3) is 2.81. The molecule has 1 N–H and O–H groups in total. The highest BCUT2D eigenvalue weighted by molar-refractivity contribution is 5.47. The van der Waals surface area contributed by atoms with Crippen LogP contribution < -0.4 is 5.32 Å². The van der Waals surface area contributed by atoms with Crippen molar-refractivity contribution in [2.45, 2.75) is 44.6 Å². The number of hydrogen-bond donors (Lipinski definition) is 1. The van der Waals surface area contributed by atoms with Gasteiger partial charge in [0.1, 0.15) is 11.4 Å². The maximum absolute atomic E-state index is 12.9. The van der Waals surface area contributed by atoms with Gasteiger partial charge in [0, 0.05) is 5.69 Å². The average Bonchev–Trinajstić information content (AvgIpc) is 2.42. The van der Waals surface area contributed by atoms with Crippen LogP contribution in [0.3, 0.4) is 0 Å². The van der Waals surface area contributed by atoms with Crippen molar-refractivity contribution >= 4 is 5.69 Å². The van der Waals surface area contributed by atoms with Crippen molar-refractivity contribution < 1.29 is 4.39 Å². The van der Waals surface area contributed by atoms with E-state index >= 15 is 0 Å². The van der Waals surface area contributed by atoms with E-state index in [0.717, 1.165) is 31.4 Å². The first-order chi connectivity index (χ1) is 8.67. The molecule has 18 heavy (non-hydrogen) atoms. The van der Waals surface area contributed by atoms with Crippen molar-refractivity contribution in [3.63, 3.8) is 0 Å². The second-order valence-electron chi connectivity index (χ2n) is 5.20. The van der Waals surface area contributed by atoms with Crippen molar-refractivity contribution in [1.82, 2.24) is 0 Å². The Kier molecular flexibility index (Phi) is 3.86. The van der Waals surface area contributed by atoms with E-state index in [1.54, 1.807) is 12.1 Å². The number of halogens is 1. The maximum Gasteiger partial charge on any atom is 0.125 e. The molecule has 2 unspecified atom stereocenters. The van der Waals surface area contributed by atoms with Crippen LogP contribution in [0.25, 0.3) is 0 Å². The first-order valence-corrected chi connectivity index (χ1v) is 6.62. The fraction of sp³-hybridized carbons (Fsp3) is 0.533. The van der Waals surface area contributed by atoms with Gasteiger partial charge in [-0.1, -0.05) is 19.8 Å². The fourth-order valence-corrected chi connectivity index (χ4v) is 2.79. The zero-order chi connectivity index (χ0) is 13.0. The summed E-state index contributed by atoms with van der Waals surface area (Å²) >= 11 is 0. The zero-order valence-electron chi connectivity index (χ0n) is 10.7. The number of rotatable bonds is 3. The monoisotopic (exact) mass is 246 g/mol. The molecule has 1 fully saturated rings. The Morgan fingerprint density at radius 2 is 2.17 bits per heavy atom. The highest BCUT2D eigenvalue weighted by Gasteiger charge is 2.35. The molecule has 3 heteroatoms. The molecule has 1 aromatic rings.